The summed E-state index contributed by atoms with van der Waals surface area (Å²) in [4.78, 5) is 36.4. The first-order chi connectivity index (χ1) is 15.4. The fourth-order valence-corrected chi connectivity index (χ4v) is 3.31. The number of carbonyl (C=O) groups is 3. The van der Waals surface area contributed by atoms with Gasteiger partial charge in [-0.1, -0.05) is 6.07 Å². The zero-order chi connectivity index (χ0) is 23.1. The highest BCUT2D eigenvalue weighted by Crippen LogP contribution is 2.20. The van der Waals surface area contributed by atoms with Crippen molar-refractivity contribution in [3.05, 3.63) is 87.0 Å². The Morgan fingerprint density at radius 2 is 1.34 bits per heavy atom. The molecule has 9 heteroatoms. The standard InChI is InChI=1S/C23H20FIN4O3/c1-26-21(30)14-3-2-4-15(11-14)22(31)27-17-5-7-18(8-6-17)28-23(32)29-19-9-10-20(25)16(12-19)13-24/h2-12H,13H2,1H3,(H,26,30)(H,27,31)(H2,28,29,32). The number of benzene rings is 3. The van der Waals surface area contributed by atoms with Gasteiger partial charge in [-0.2, -0.15) is 0 Å². The van der Waals surface area contributed by atoms with Crippen LogP contribution in [0, 0.1) is 3.57 Å². The molecule has 4 amide bonds. The van der Waals surface area contributed by atoms with Gasteiger partial charge in [-0.05, 0) is 88.8 Å². The molecular formula is C23H20FIN4O3. The first-order valence-corrected chi connectivity index (χ1v) is 10.6. The van der Waals surface area contributed by atoms with Crippen molar-refractivity contribution in [1.82, 2.24) is 5.32 Å². The molecule has 0 saturated heterocycles. The molecule has 3 aromatic carbocycles. The van der Waals surface area contributed by atoms with Crippen LogP contribution in [0.1, 0.15) is 26.3 Å². The summed E-state index contributed by atoms with van der Waals surface area (Å²) in [5.74, 6) is -0.643. The topological polar surface area (TPSA) is 99.3 Å². The Morgan fingerprint density at radius 1 is 0.781 bits per heavy atom. The lowest BCUT2D eigenvalue weighted by atomic mass is 10.1. The van der Waals surface area contributed by atoms with Gasteiger partial charge in [0.15, 0.2) is 0 Å². The van der Waals surface area contributed by atoms with E-state index in [1.807, 2.05) is 22.6 Å². The Labute approximate surface area is 197 Å². The summed E-state index contributed by atoms with van der Waals surface area (Å²) >= 11 is 2.03. The Kier molecular flexibility index (Phi) is 7.77. The number of carbonyl (C=O) groups excluding carboxylic acids is 3. The molecule has 0 aliphatic heterocycles. The lowest BCUT2D eigenvalue weighted by Crippen LogP contribution is -2.20. The van der Waals surface area contributed by atoms with E-state index in [1.54, 1.807) is 60.7 Å². The van der Waals surface area contributed by atoms with E-state index in [9.17, 15) is 18.8 Å². The molecule has 0 unspecified atom stereocenters. The lowest BCUT2D eigenvalue weighted by Gasteiger charge is -2.10. The van der Waals surface area contributed by atoms with E-state index >= 15 is 0 Å². The highest BCUT2D eigenvalue weighted by molar-refractivity contribution is 14.1. The number of alkyl halides is 1. The third-order valence-corrected chi connectivity index (χ3v) is 5.51. The molecule has 0 radical (unpaired) electrons. The Balaban J connectivity index is 1.59. The van der Waals surface area contributed by atoms with Gasteiger partial charge in [-0.3, -0.25) is 9.59 Å². The van der Waals surface area contributed by atoms with Crippen molar-refractivity contribution >= 4 is 57.5 Å². The quantitative estimate of drug-likeness (QED) is 0.327. The molecule has 0 fully saturated rings. The zero-order valence-electron chi connectivity index (χ0n) is 17.0. The van der Waals surface area contributed by atoms with Crippen LogP contribution < -0.4 is 21.3 Å². The molecule has 0 aliphatic rings. The van der Waals surface area contributed by atoms with Crippen LogP contribution in [0.25, 0.3) is 0 Å². The number of anilines is 3. The monoisotopic (exact) mass is 546 g/mol. The molecule has 0 heterocycles. The number of urea groups is 1. The third kappa shape index (κ3) is 6.03. The predicted octanol–water partition coefficient (Wildman–Crippen LogP) is 5.02. The van der Waals surface area contributed by atoms with E-state index in [4.69, 9.17) is 0 Å². The zero-order valence-corrected chi connectivity index (χ0v) is 19.2. The second-order valence-electron chi connectivity index (χ2n) is 6.71. The summed E-state index contributed by atoms with van der Waals surface area (Å²) in [5, 5.41) is 10.6. The predicted molar refractivity (Wildman–Crippen MR) is 131 cm³/mol. The van der Waals surface area contributed by atoms with E-state index < -0.39 is 12.7 Å². The van der Waals surface area contributed by atoms with E-state index in [0.717, 1.165) is 3.57 Å². The molecule has 3 aromatic rings. The Morgan fingerprint density at radius 3 is 1.97 bits per heavy atom. The molecule has 0 saturated carbocycles. The van der Waals surface area contributed by atoms with Gasteiger partial charge < -0.3 is 21.3 Å². The van der Waals surface area contributed by atoms with E-state index in [-0.39, 0.29) is 11.8 Å². The highest BCUT2D eigenvalue weighted by Gasteiger charge is 2.10. The average Bonchev–Trinajstić information content (AvgIpc) is 2.81. The minimum Gasteiger partial charge on any atom is -0.355 e. The average molecular weight is 546 g/mol. The number of hydrogen-bond acceptors (Lipinski definition) is 3. The fraction of sp³-hybridized carbons (Fsp3) is 0.0870. The largest absolute Gasteiger partial charge is 0.355 e. The second-order valence-corrected chi connectivity index (χ2v) is 7.87. The maximum atomic E-state index is 13.0. The summed E-state index contributed by atoms with van der Waals surface area (Å²) in [6, 6.07) is 17.5. The van der Waals surface area contributed by atoms with Gasteiger partial charge in [-0.25, -0.2) is 9.18 Å². The van der Waals surface area contributed by atoms with Crippen molar-refractivity contribution in [2.24, 2.45) is 0 Å². The number of hydrogen-bond donors (Lipinski definition) is 4. The van der Waals surface area contributed by atoms with E-state index in [2.05, 4.69) is 21.3 Å². The van der Waals surface area contributed by atoms with Crippen LogP contribution >= 0.6 is 22.6 Å². The summed E-state index contributed by atoms with van der Waals surface area (Å²) in [7, 11) is 1.52. The van der Waals surface area contributed by atoms with Crippen LogP contribution in [-0.4, -0.2) is 24.9 Å². The van der Waals surface area contributed by atoms with Crippen molar-refractivity contribution < 1.29 is 18.8 Å². The molecule has 0 bridgehead atoms. The molecule has 0 aromatic heterocycles. The summed E-state index contributed by atoms with van der Waals surface area (Å²) in [6.07, 6.45) is 0. The molecule has 7 nitrogen and oxygen atoms in total. The second kappa shape index (κ2) is 10.7. The summed E-state index contributed by atoms with van der Waals surface area (Å²) in [6.45, 7) is -0.612. The number of nitrogens with one attached hydrogen (secondary N) is 4. The minimum absolute atomic E-state index is 0.278. The lowest BCUT2D eigenvalue weighted by molar-refractivity contribution is 0.0963. The van der Waals surface area contributed by atoms with Crippen LogP contribution in [-0.2, 0) is 6.67 Å². The van der Waals surface area contributed by atoms with Gasteiger partial charge in [-0.15, -0.1) is 0 Å². The molecule has 0 aliphatic carbocycles. The van der Waals surface area contributed by atoms with Crippen molar-refractivity contribution in [2.75, 3.05) is 23.0 Å². The van der Waals surface area contributed by atoms with Crippen LogP contribution in [0.2, 0.25) is 0 Å². The van der Waals surface area contributed by atoms with Crippen molar-refractivity contribution in [2.45, 2.75) is 6.67 Å². The van der Waals surface area contributed by atoms with Gasteiger partial charge in [0, 0.05) is 38.8 Å². The molecular weight excluding hydrogens is 526 g/mol. The molecule has 164 valence electrons. The van der Waals surface area contributed by atoms with Crippen LogP contribution in [0.5, 0.6) is 0 Å². The Hall–Kier alpha value is -3.47. The first kappa shape index (κ1) is 23.2. The fourth-order valence-electron chi connectivity index (χ4n) is 2.83. The highest BCUT2D eigenvalue weighted by atomic mass is 127. The molecule has 0 atom stereocenters. The van der Waals surface area contributed by atoms with Gasteiger partial charge in [0.25, 0.3) is 11.8 Å². The number of rotatable bonds is 6. The van der Waals surface area contributed by atoms with Gasteiger partial charge >= 0.3 is 6.03 Å². The molecule has 0 spiro atoms. The summed E-state index contributed by atoms with van der Waals surface area (Å²) < 4.78 is 13.8. The van der Waals surface area contributed by atoms with Crippen molar-refractivity contribution in [3.8, 4) is 0 Å². The first-order valence-electron chi connectivity index (χ1n) is 9.55. The molecule has 3 rings (SSSR count). The van der Waals surface area contributed by atoms with Crippen LogP contribution in [0.15, 0.2) is 66.7 Å². The van der Waals surface area contributed by atoms with E-state index in [0.29, 0.717) is 33.8 Å². The van der Waals surface area contributed by atoms with Crippen molar-refractivity contribution in [1.29, 1.82) is 0 Å². The molecule has 32 heavy (non-hydrogen) atoms. The van der Waals surface area contributed by atoms with Crippen molar-refractivity contribution in [3.63, 3.8) is 0 Å². The van der Waals surface area contributed by atoms with Crippen LogP contribution in [0.4, 0.5) is 26.2 Å². The van der Waals surface area contributed by atoms with Gasteiger partial charge in [0.2, 0.25) is 0 Å². The number of halogens is 2. The van der Waals surface area contributed by atoms with E-state index in [1.165, 1.54) is 13.1 Å². The van der Waals surface area contributed by atoms with Gasteiger partial charge in [0.05, 0.1) is 0 Å². The smallest absolute Gasteiger partial charge is 0.323 e. The molecule has 4 N–H and O–H groups in total. The number of amides is 4. The summed E-state index contributed by atoms with van der Waals surface area (Å²) in [5.41, 5.74) is 2.76. The Bertz CT molecular complexity index is 1150. The normalized spacial score (nSPS) is 10.2. The maximum Gasteiger partial charge on any atom is 0.323 e. The maximum absolute atomic E-state index is 13.0. The van der Waals surface area contributed by atoms with Gasteiger partial charge in [0.1, 0.15) is 6.67 Å². The minimum atomic E-state index is -0.612. The third-order valence-electron chi connectivity index (χ3n) is 4.46. The van der Waals surface area contributed by atoms with Crippen LogP contribution in [0.3, 0.4) is 0 Å². The SMILES string of the molecule is CNC(=O)c1cccc(C(=O)Nc2ccc(NC(=O)Nc3ccc(I)c(CF)c3)cc2)c1.